The maximum Gasteiger partial charge on any atom is 0.309 e. The normalized spacial score (nSPS) is 20.1. The van der Waals surface area contributed by atoms with Crippen molar-refractivity contribution >= 4 is 5.97 Å². The van der Waals surface area contributed by atoms with Gasteiger partial charge in [0, 0.05) is 25.4 Å². The summed E-state index contributed by atoms with van der Waals surface area (Å²) in [6.07, 6.45) is 7.66. The summed E-state index contributed by atoms with van der Waals surface area (Å²) in [5.74, 6) is 1.18. The van der Waals surface area contributed by atoms with Crippen molar-refractivity contribution in [3.8, 4) is 0 Å². The monoisotopic (exact) mass is 222 g/mol. The number of carbonyl (C=O) groups is 1. The van der Waals surface area contributed by atoms with E-state index in [-0.39, 0.29) is 11.9 Å². The van der Waals surface area contributed by atoms with Gasteiger partial charge in [0.25, 0.3) is 0 Å². The summed E-state index contributed by atoms with van der Waals surface area (Å²) in [5.41, 5.74) is 0. The van der Waals surface area contributed by atoms with Crippen molar-refractivity contribution < 1.29 is 9.53 Å². The molecule has 88 valence electrons. The number of rotatable bonds is 5. The molecule has 2 heterocycles. The Morgan fingerprint density at radius 1 is 1.62 bits per heavy atom. The molecule has 1 aromatic heterocycles. The molecule has 0 saturated carbocycles. The highest BCUT2D eigenvalue weighted by molar-refractivity contribution is 5.73. The Bertz CT molecular complexity index is 360. The highest BCUT2D eigenvalue weighted by Crippen LogP contribution is 2.19. The molecule has 0 bridgehead atoms. The Balaban J connectivity index is 1.88. The van der Waals surface area contributed by atoms with Gasteiger partial charge >= 0.3 is 5.97 Å². The lowest BCUT2D eigenvalue weighted by atomic mass is 10.0. The Kier molecular flexibility index (Phi) is 3.59. The molecule has 4 heteroatoms. The molecule has 0 radical (unpaired) electrons. The zero-order valence-corrected chi connectivity index (χ0v) is 9.69. The van der Waals surface area contributed by atoms with Crippen LogP contribution in [0.1, 0.15) is 32.0 Å². The maximum atomic E-state index is 11.3. The summed E-state index contributed by atoms with van der Waals surface area (Å²) >= 11 is 0. The van der Waals surface area contributed by atoms with Crippen LogP contribution >= 0.6 is 0 Å². The number of cyclic esters (lactones) is 1. The molecule has 0 spiro atoms. The summed E-state index contributed by atoms with van der Waals surface area (Å²) in [5, 5.41) is 0. The van der Waals surface area contributed by atoms with E-state index in [4.69, 9.17) is 4.74 Å². The second kappa shape index (κ2) is 5.14. The molecule has 0 aromatic carbocycles. The number of ether oxygens (including phenoxy) is 1. The van der Waals surface area contributed by atoms with Crippen LogP contribution in [-0.4, -0.2) is 22.1 Å². The van der Waals surface area contributed by atoms with Gasteiger partial charge in [0.2, 0.25) is 0 Å². The lowest BCUT2D eigenvalue weighted by molar-refractivity contribution is -0.141. The quantitative estimate of drug-likeness (QED) is 0.713. The van der Waals surface area contributed by atoms with E-state index in [1.807, 2.05) is 12.4 Å². The van der Waals surface area contributed by atoms with Gasteiger partial charge in [-0.1, -0.05) is 6.92 Å². The maximum absolute atomic E-state index is 11.3. The van der Waals surface area contributed by atoms with Crippen molar-refractivity contribution in [3.63, 3.8) is 0 Å². The number of hydrogen-bond acceptors (Lipinski definition) is 3. The van der Waals surface area contributed by atoms with Crippen molar-refractivity contribution in [2.75, 3.05) is 6.61 Å². The summed E-state index contributed by atoms with van der Waals surface area (Å²) in [4.78, 5) is 15.6. The second-order valence-electron chi connectivity index (χ2n) is 4.23. The van der Waals surface area contributed by atoms with E-state index in [1.54, 1.807) is 0 Å². The van der Waals surface area contributed by atoms with Crippen LogP contribution in [0.4, 0.5) is 0 Å². The van der Waals surface area contributed by atoms with Crippen LogP contribution in [0.5, 0.6) is 0 Å². The van der Waals surface area contributed by atoms with Crippen LogP contribution in [0, 0.1) is 5.92 Å². The topological polar surface area (TPSA) is 44.1 Å². The van der Waals surface area contributed by atoms with E-state index in [1.165, 1.54) is 0 Å². The number of aromatic nitrogens is 2. The number of nitrogens with zero attached hydrogens (tertiary/aromatic N) is 2. The van der Waals surface area contributed by atoms with Crippen molar-refractivity contribution in [2.24, 2.45) is 5.92 Å². The van der Waals surface area contributed by atoms with Crippen LogP contribution in [0.25, 0.3) is 0 Å². The fourth-order valence-corrected chi connectivity index (χ4v) is 2.09. The summed E-state index contributed by atoms with van der Waals surface area (Å²) in [6.45, 7) is 3.61. The molecule has 1 aliphatic heterocycles. The molecule has 0 unspecified atom stereocenters. The Labute approximate surface area is 95.6 Å². The van der Waals surface area contributed by atoms with Gasteiger partial charge in [0.05, 0.1) is 12.5 Å². The van der Waals surface area contributed by atoms with Gasteiger partial charge < -0.3 is 9.30 Å². The predicted molar refractivity (Wildman–Crippen MR) is 59.9 cm³/mol. The highest BCUT2D eigenvalue weighted by atomic mass is 16.5. The van der Waals surface area contributed by atoms with Crippen molar-refractivity contribution in [2.45, 2.75) is 39.2 Å². The number of carbonyl (C=O) groups excluding carboxylic acids is 1. The van der Waals surface area contributed by atoms with Gasteiger partial charge in [-0.25, -0.2) is 4.98 Å². The first kappa shape index (κ1) is 11.2. The lowest BCUT2D eigenvalue weighted by Gasteiger charge is -2.09. The molecule has 0 amide bonds. The average Bonchev–Trinajstić information content (AvgIpc) is 2.86. The summed E-state index contributed by atoms with van der Waals surface area (Å²) in [6, 6.07) is 0. The van der Waals surface area contributed by atoms with Crippen molar-refractivity contribution in [1.29, 1.82) is 0 Å². The first-order valence-electron chi connectivity index (χ1n) is 5.98. The Morgan fingerprint density at radius 2 is 2.50 bits per heavy atom. The van der Waals surface area contributed by atoms with Gasteiger partial charge in [0.15, 0.2) is 0 Å². The Hall–Kier alpha value is -1.32. The third-order valence-corrected chi connectivity index (χ3v) is 3.04. The number of imidazole rings is 1. The minimum absolute atomic E-state index is 0.0304. The zero-order chi connectivity index (χ0) is 11.4. The highest BCUT2D eigenvalue weighted by Gasteiger charge is 2.25. The number of esters is 1. The van der Waals surface area contributed by atoms with E-state index >= 15 is 0 Å². The standard InChI is InChI=1S/C12H18N2O2/c1-2-3-11-13-6-8-14(11)7-4-10-5-9-16-12(10)15/h6,8,10H,2-5,7,9H2,1H3/t10-/m1/s1. The second-order valence-corrected chi connectivity index (χ2v) is 4.23. The molecule has 0 aliphatic carbocycles. The third-order valence-electron chi connectivity index (χ3n) is 3.04. The minimum Gasteiger partial charge on any atom is -0.465 e. The molecule has 1 aliphatic rings. The first-order chi connectivity index (χ1) is 7.81. The van der Waals surface area contributed by atoms with E-state index in [0.29, 0.717) is 6.61 Å². The predicted octanol–water partition coefficient (Wildman–Crippen LogP) is 1.79. The third kappa shape index (κ3) is 2.43. The van der Waals surface area contributed by atoms with E-state index in [9.17, 15) is 4.79 Å². The molecular weight excluding hydrogens is 204 g/mol. The molecule has 2 rings (SSSR count). The molecule has 16 heavy (non-hydrogen) atoms. The van der Waals surface area contributed by atoms with Crippen LogP contribution in [0.15, 0.2) is 12.4 Å². The lowest BCUT2D eigenvalue weighted by Crippen LogP contribution is -2.12. The number of hydrogen-bond donors (Lipinski definition) is 0. The van der Waals surface area contributed by atoms with Crippen molar-refractivity contribution in [1.82, 2.24) is 9.55 Å². The average molecular weight is 222 g/mol. The largest absolute Gasteiger partial charge is 0.465 e. The SMILES string of the molecule is CCCc1nccn1CC[C@@H]1CCOC1=O. The summed E-state index contributed by atoms with van der Waals surface area (Å²) in [7, 11) is 0. The smallest absolute Gasteiger partial charge is 0.309 e. The molecule has 1 atom stereocenters. The zero-order valence-electron chi connectivity index (χ0n) is 9.69. The van der Waals surface area contributed by atoms with E-state index in [0.717, 1.165) is 38.1 Å². The van der Waals surface area contributed by atoms with Gasteiger partial charge in [0.1, 0.15) is 5.82 Å². The van der Waals surface area contributed by atoms with Gasteiger partial charge in [-0.05, 0) is 19.3 Å². The molecule has 4 nitrogen and oxygen atoms in total. The van der Waals surface area contributed by atoms with Crippen LogP contribution < -0.4 is 0 Å². The van der Waals surface area contributed by atoms with Gasteiger partial charge in [-0.3, -0.25) is 4.79 Å². The number of aryl methyl sites for hydroxylation is 2. The molecule has 1 saturated heterocycles. The van der Waals surface area contributed by atoms with Crippen LogP contribution in [0.2, 0.25) is 0 Å². The Morgan fingerprint density at radius 3 is 3.19 bits per heavy atom. The van der Waals surface area contributed by atoms with Crippen molar-refractivity contribution in [3.05, 3.63) is 18.2 Å². The fraction of sp³-hybridized carbons (Fsp3) is 0.667. The van der Waals surface area contributed by atoms with Gasteiger partial charge in [-0.15, -0.1) is 0 Å². The minimum atomic E-state index is -0.0304. The van der Waals surface area contributed by atoms with E-state index in [2.05, 4.69) is 16.5 Å². The molecule has 1 aromatic rings. The fourth-order valence-electron chi connectivity index (χ4n) is 2.09. The summed E-state index contributed by atoms with van der Waals surface area (Å²) < 4.78 is 7.10. The van der Waals surface area contributed by atoms with E-state index < -0.39 is 0 Å². The molecule has 0 N–H and O–H groups in total. The first-order valence-corrected chi connectivity index (χ1v) is 5.98. The van der Waals surface area contributed by atoms with Crippen LogP contribution in [-0.2, 0) is 22.5 Å². The molecule has 1 fully saturated rings. The van der Waals surface area contributed by atoms with Gasteiger partial charge in [-0.2, -0.15) is 0 Å². The van der Waals surface area contributed by atoms with Crippen LogP contribution in [0.3, 0.4) is 0 Å². The molecular formula is C12H18N2O2.